The number of aliphatic carboxylic acids is 1. The van der Waals surface area contributed by atoms with Crippen molar-refractivity contribution in [1.29, 1.82) is 0 Å². The second kappa shape index (κ2) is 38.8. The minimum absolute atomic E-state index is 0.157. The number of carbonyl (C=O) groups is 3. The van der Waals surface area contributed by atoms with E-state index in [9.17, 15) is 34.8 Å². The molecule has 4 N–H and O–H groups in total. The first-order valence-electron chi connectivity index (χ1n) is 23.3. The summed E-state index contributed by atoms with van der Waals surface area (Å²) in [5.41, 5.74) is 0. The number of carbonyl (C=O) groups excluding carboxylic acids is 2. The standard InChI is InChI=1S/C49H82O11/c1-3-5-7-9-11-13-15-17-19-21-23-25-27-29-31-33-35-37-42(50)57-39-41(40-58-49-46(54)44(52)45(53)47(60-49)48(55)56)59-43(51)38-36-34-32-30-28-26-24-22-20-18-16-14-12-10-8-6-4-2/h5,7,11,13,17,19,23,25,29,31,41,44-47,49,52-54H,3-4,6,8-10,12,14-16,18,20-22,24,26-28,30,32-40H2,1-2H3,(H,55,56)/b7-5-,13-11-,19-17-,25-23-,31-29-. The van der Waals surface area contributed by atoms with Gasteiger partial charge in [0.2, 0.25) is 0 Å². The molecular weight excluding hydrogens is 765 g/mol. The van der Waals surface area contributed by atoms with E-state index in [0.29, 0.717) is 19.3 Å². The first kappa shape index (κ1) is 54.9. The normalized spacial score (nSPS) is 20.3. The van der Waals surface area contributed by atoms with E-state index in [1.807, 2.05) is 6.08 Å². The molecule has 1 fully saturated rings. The summed E-state index contributed by atoms with van der Waals surface area (Å²) >= 11 is 0. The van der Waals surface area contributed by atoms with E-state index in [0.717, 1.165) is 51.4 Å². The van der Waals surface area contributed by atoms with Gasteiger partial charge in [-0.1, -0.05) is 177 Å². The molecule has 0 aromatic carbocycles. The highest BCUT2D eigenvalue weighted by molar-refractivity contribution is 5.73. The molecule has 0 aromatic heterocycles. The van der Waals surface area contributed by atoms with Gasteiger partial charge in [0.25, 0.3) is 0 Å². The summed E-state index contributed by atoms with van der Waals surface area (Å²) in [5, 5.41) is 39.8. The Morgan fingerprint density at radius 2 is 0.983 bits per heavy atom. The van der Waals surface area contributed by atoms with Crippen LogP contribution in [0.3, 0.4) is 0 Å². The molecule has 1 aliphatic heterocycles. The van der Waals surface area contributed by atoms with Crippen molar-refractivity contribution < 1.29 is 53.8 Å². The van der Waals surface area contributed by atoms with Crippen molar-refractivity contribution in [2.75, 3.05) is 13.2 Å². The zero-order valence-electron chi connectivity index (χ0n) is 37.2. The Hall–Kier alpha value is -3.09. The summed E-state index contributed by atoms with van der Waals surface area (Å²) in [7, 11) is 0. The lowest BCUT2D eigenvalue weighted by Crippen LogP contribution is -2.60. The average Bonchev–Trinajstić information content (AvgIpc) is 3.23. The van der Waals surface area contributed by atoms with Crippen LogP contribution in [-0.2, 0) is 33.3 Å². The Kier molecular flexibility index (Phi) is 35.5. The Labute approximate surface area is 362 Å². The Bertz CT molecular complexity index is 1230. The lowest BCUT2D eigenvalue weighted by Gasteiger charge is -2.38. The van der Waals surface area contributed by atoms with Gasteiger partial charge >= 0.3 is 17.9 Å². The molecule has 0 bridgehead atoms. The van der Waals surface area contributed by atoms with Crippen molar-refractivity contribution in [1.82, 2.24) is 0 Å². The molecule has 6 unspecified atom stereocenters. The number of allylic oxidation sites excluding steroid dienone is 10. The molecule has 0 saturated carbocycles. The molecule has 1 rings (SSSR count). The highest BCUT2D eigenvalue weighted by Gasteiger charge is 2.47. The van der Waals surface area contributed by atoms with Crippen molar-refractivity contribution in [3.05, 3.63) is 60.8 Å². The van der Waals surface area contributed by atoms with Gasteiger partial charge in [-0.2, -0.15) is 0 Å². The molecule has 0 amide bonds. The monoisotopic (exact) mass is 847 g/mol. The van der Waals surface area contributed by atoms with Crippen LogP contribution in [0.15, 0.2) is 60.8 Å². The van der Waals surface area contributed by atoms with Crippen LogP contribution in [0.25, 0.3) is 0 Å². The molecule has 1 aliphatic rings. The van der Waals surface area contributed by atoms with Gasteiger partial charge < -0.3 is 39.4 Å². The quantitative estimate of drug-likeness (QED) is 0.0265. The van der Waals surface area contributed by atoms with E-state index < -0.39 is 61.3 Å². The molecule has 344 valence electrons. The second-order valence-corrected chi connectivity index (χ2v) is 15.9. The first-order chi connectivity index (χ1) is 29.2. The van der Waals surface area contributed by atoms with Crippen molar-refractivity contribution in [2.45, 2.75) is 218 Å². The van der Waals surface area contributed by atoms with Gasteiger partial charge in [0.15, 0.2) is 18.5 Å². The number of hydrogen-bond donors (Lipinski definition) is 4. The van der Waals surface area contributed by atoms with E-state index in [4.69, 9.17) is 18.9 Å². The fourth-order valence-electron chi connectivity index (χ4n) is 6.74. The number of aliphatic hydroxyl groups excluding tert-OH is 3. The molecular formula is C49H82O11. The first-order valence-corrected chi connectivity index (χ1v) is 23.3. The number of esters is 2. The maximum absolute atomic E-state index is 12.8. The SMILES string of the molecule is CC/C=C\C/C=C\C/C=C\C/C=C\C/C=C\CCCC(=O)OCC(COC1OC(C(=O)O)C(O)C(O)C1O)OC(=O)CCCCCCCCCCCCCCCCCCC. The number of hydrogen-bond acceptors (Lipinski definition) is 10. The number of unbranched alkanes of at least 4 members (excludes halogenated alkanes) is 17. The van der Waals surface area contributed by atoms with E-state index in [1.54, 1.807) is 0 Å². The van der Waals surface area contributed by atoms with Crippen LogP contribution in [-0.4, -0.2) is 88.4 Å². The molecule has 11 heteroatoms. The third kappa shape index (κ3) is 30.0. The van der Waals surface area contributed by atoms with Gasteiger partial charge in [-0.15, -0.1) is 0 Å². The van der Waals surface area contributed by atoms with E-state index in [1.165, 1.54) is 83.5 Å². The molecule has 11 nitrogen and oxygen atoms in total. The Balaban J connectivity index is 2.39. The number of ether oxygens (including phenoxy) is 4. The fourth-order valence-corrected chi connectivity index (χ4v) is 6.74. The summed E-state index contributed by atoms with van der Waals surface area (Å²) in [5.74, 6) is -2.52. The summed E-state index contributed by atoms with van der Waals surface area (Å²) in [6.07, 6.45) is 38.5. The molecule has 6 atom stereocenters. The maximum Gasteiger partial charge on any atom is 0.335 e. The molecule has 1 saturated heterocycles. The zero-order chi connectivity index (χ0) is 43.9. The Morgan fingerprint density at radius 1 is 0.533 bits per heavy atom. The summed E-state index contributed by atoms with van der Waals surface area (Å²) in [4.78, 5) is 36.8. The minimum Gasteiger partial charge on any atom is -0.479 e. The number of rotatable bonds is 38. The van der Waals surface area contributed by atoms with Gasteiger partial charge in [-0.05, 0) is 51.4 Å². The highest BCUT2D eigenvalue weighted by Crippen LogP contribution is 2.23. The third-order valence-electron chi connectivity index (χ3n) is 10.4. The van der Waals surface area contributed by atoms with E-state index in [-0.39, 0.29) is 19.4 Å². The van der Waals surface area contributed by atoms with Crippen LogP contribution in [0.5, 0.6) is 0 Å². The van der Waals surface area contributed by atoms with Gasteiger partial charge in [-0.25, -0.2) is 4.79 Å². The van der Waals surface area contributed by atoms with Crippen LogP contribution in [0, 0.1) is 0 Å². The molecule has 0 radical (unpaired) electrons. The van der Waals surface area contributed by atoms with Crippen molar-refractivity contribution >= 4 is 17.9 Å². The third-order valence-corrected chi connectivity index (χ3v) is 10.4. The van der Waals surface area contributed by atoms with Crippen LogP contribution in [0.4, 0.5) is 0 Å². The Morgan fingerprint density at radius 3 is 1.47 bits per heavy atom. The van der Waals surface area contributed by atoms with Gasteiger partial charge in [0, 0.05) is 12.8 Å². The summed E-state index contributed by atoms with van der Waals surface area (Å²) in [6, 6.07) is 0. The zero-order valence-corrected chi connectivity index (χ0v) is 37.2. The predicted octanol–water partition coefficient (Wildman–Crippen LogP) is 10.3. The molecule has 60 heavy (non-hydrogen) atoms. The minimum atomic E-state index is -1.87. The van der Waals surface area contributed by atoms with Crippen molar-refractivity contribution in [3.8, 4) is 0 Å². The lowest BCUT2D eigenvalue weighted by molar-refractivity contribution is -0.298. The maximum atomic E-state index is 12.8. The van der Waals surface area contributed by atoms with Crippen LogP contribution in [0.1, 0.15) is 181 Å². The largest absolute Gasteiger partial charge is 0.479 e. The highest BCUT2D eigenvalue weighted by atomic mass is 16.7. The molecule has 0 aliphatic carbocycles. The lowest BCUT2D eigenvalue weighted by atomic mass is 9.99. The molecule has 0 spiro atoms. The van der Waals surface area contributed by atoms with Crippen LogP contribution in [0.2, 0.25) is 0 Å². The molecule has 1 heterocycles. The van der Waals surface area contributed by atoms with Crippen LogP contribution >= 0.6 is 0 Å². The van der Waals surface area contributed by atoms with Gasteiger partial charge in [0.05, 0.1) is 6.61 Å². The predicted molar refractivity (Wildman–Crippen MR) is 238 cm³/mol. The number of carboxylic acid groups (broad SMARTS) is 1. The number of aliphatic hydroxyl groups is 3. The smallest absolute Gasteiger partial charge is 0.335 e. The fraction of sp³-hybridized carbons (Fsp3) is 0.735. The van der Waals surface area contributed by atoms with Crippen molar-refractivity contribution in [2.24, 2.45) is 0 Å². The number of carboxylic acids is 1. The van der Waals surface area contributed by atoms with E-state index >= 15 is 0 Å². The summed E-state index contributed by atoms with van der Waals surface area (Å²) < 4.78 is 21.7. The van der Waals surface area contributed by atoms with Crippen LogP contribution < -0.4 is 0 Å². The second-order valence-electron chi connectivity index (χ2n) is 15.9. The van der Waals surface area contributed by atoms with Gasteiger partial charge in [-0.3, -0.25) is 9.59 Å². The van der Waals surface area contributed by atoms with Gasteiger partial charge in [0.1, 0.15) is 24.9 Å². The van der Waals surface area contributed by atoms with Crippen molar-refractivity contribution in [3.63, 3.8) is 0 Å². The topological polar surface area (TPSA) is 169 Å². The summed E-state index contributed by atoms with van der Waals surface area (Å²) in [6.45, 7) is 3.66. The van der Waals surface area contributed by atoms with E-state index in [2.05, 4.69) is 68.5 Å². The molecule has 0 aromatic rings. The average molecular weight is 847 g/mol.